The van der Waals surface area contributed by atoms with Crippen LogP contribution in [0.1, 0.15) is 28.8 Å². The van der Waals surface area contributed by atoms with Crippen molar-refractivity contribution >= 4 is 39.2 Å². The van der Waals surface area contributed by atoms with Crippen LogP contribution in [0.2, 0.25) is 10.0 Å². The third-order valence-corrected chi connectivity index (χ3v) is 6.81. The van der Waals surface area contributed by atoms with Gasteiger partial charge in [0.25, 0.3) is 0 Å². The molecule has 1 aliphatic rings. The number of carbonyl (C=O) groups is 1. The van der Waals surface area contributed by atoms with E-state index in [4.69, 9.17) is 27.9 Å². The van der Waals surface area contributed by atoms with Gasteiger partial charge in [-0.3, -0.25) is 0 Å². The quantitative estimate of drug-likeness (QED) is 0.662. The summed E-state index contributed by atoms with van der Waals surface area (Å²) < 4.78 is 44.9. The molecule has 0 aromatic heterocycles. The van der Waals surface area contributed by atoms with Crippen LogP contribution in [-0.2, 0) is 21.4 Å². The van der Waals surface area contributed by atoms with Crippen molar-refractivity contribution in [1.82, 2.24) is 4.31 Å². The molecule has 0 N–H and O–H groups in total. The number of esters is 1. The van der Waals surface area contributed by atoms with Gasteiger partial charge in [-0.15, -0.1) is 0 Å². The molecule has 0 unspecified atom stereocenters. The van der Waals surface area contributed by atoms with Crippen LogP contribution in [-0.4, -0.2) is 31.8 Å². The molecule has 0 bridgehead atoms. The van der Waals surface area contributed by atoms with Gasteiger partial charge >= 0.3 is 5.97 Å². The lowest BCUT2D eigenvalue weighted by Crippen LogP contribution is -2.28. The van der Waals surface area contributed by atoms with Gasteiger partial charge in [0.2, 0.25) is 10.0 Å². The zero-order valence-electron chi connectivity index (χ0n) is 14.1. The number of hydrogen-bond donors (Lipinski definition) is 0. The molecule has 3 rings (SSSR count). The second kappa shape index (κ2) is 8.14. The average molecular weight is 432 g/mol. The summed E-state index contributed by atoms with van der Waals surface area (Å²) in [6.07, 6.45) is 1.61. The standard InChI is InChI=1S/C18H16Cl2FNO4S/c19-16-6-5-14(27(24,25)22-7-1-2-8-22)10-15(16)18(23)26-11-12-3-4-13(21)9-17(12)20/h3-6,9-10H,1-2,7-8,11H2. The summed E-state index contributed by atoms with van der Waals surface area (Å²) in [5.74, 6) is -1.29. The maximum atomic E-state index is 13.1. The van der Waals surface area contributed by atoms with E-state index in [1.807, 2.05) is 0 Å². The SMILES string of the molecule is O=C(OCc1ccc(F)cc1Cl)c1cc(S(=O)(=O)N2CCCC2)ccc1Cl. The third kappa shape index (κ3) is 4.43. The largest absolute Gasteiger partial charge is 0.457 e. The van der Waals surface area contributed by atoms with Crippen LogP contribution in [0.15, 0.2) is 41.3 Å². The number of hydrogen-bond acceptors (Lipinski definition) is 4. The summed E-state index contributed by atoms with van der Waals surface area (Å²) in [4.78, 5) is 12.4. The minimum absolute atomic E-state index is 0.0134. The van der Waals surface area contributed by atoms with E-state index in [-0.39, 0.29) is 27.1 Å². The Morgan fingerprint density at radius 1 is 1.07 bits per heavy atom. The Balaban J connectivity index is 1.80. The molecule has 0 atom stereocenters. The Morgan fingerprint density at radius 2 is 1.78 bits per heavy atom. The Hall–Kier alpha value is -1.67. The molecule has 2 aromatic carbocycles. The first-order valence-electron chi connectivity index (χ1n) is 8.20. The zero-order chi connectivity index (χ0) is 19.6. The van der Waals surface area contributed by atoms with E-state index < -0.39 is 21.8 Å². The molecule has 0 spiro atoms. The monoisotopic (exact) mass is 431 g/mol. The van der Waals surface area contributed by atoms with Crippen molar-refractivity contribution in [1.29, 1.82) is 0 Å². The van der Waals surface area contributed by atoms with Crippen molar-refractivity contribution in [2.24, 2.45) is 0 Å². The van der Waals surface area contributed by atoms with Crippen molar-refractivity contribution in [3.05, 3.63) is 63.4 Å². The van der Waals surface area contributed by atoms with Gasteiger partial charge in [-0.1, -0.05) is 29.3 Å². The fourth-order valence-corrected chi connectivity index (χ4v) is 4.72. The summed E-state index contributed by atoms with van der Waals surface area (Å²) in [6.45, 7) is 0.707. The number of halogens is 3. The Labute approximate surface area is 166 Å². The van der Waals surface area contributed by atoms with Crippen LogP contribution in [0, 0.1) is 5.82 Å². The lowest BCUT2D eigenvalue weighted by molar-refractivity contribution is 0.0472. The van der Waals surface area contributed by atoms with Crippen molar-refractivity contribution in [2.75, 3.05) is 13.1 Å². The van der Waals surface area contributed by atoms with Gasteiger partial charge < -0.3 is 4.74 Å². The van der Waals surface area contributed by atoms with Gasteiger partial charge in [-0.2, -0.15) is 4.31 Å². The molecule has 9 heteroatoms. The predicted molar refractivity (Wildman–Crippen MR) is 100.0 cm³/mol. The molecule has 1 saturated heterocycles. The van der Waals surface area contributed by atoms with Gasteiger partial charge in [0, 0.05) is 18.7 Å². The van der Waals surface area contributed by atoms with Gasteiger partial charge in [0.15, 0.2) is 0 Å². The van der Waals surface area contributed by atoms with E-state index in [0.717, 1.165) is 18.9 Å². The van der Waals surface area contributed by atoms with E-state index in [0.29, 0.717) is 18.7 Å². The van der Waals surface area contributed by atoms with Crippen LogP contribution in [0.4, 0.5) is 4.39 Å². The van der Waals surface area contributed by atoms with E-state index >= 15 is 0 Å². The molecule has 0 radical (unpaired) electrons. The Bertz CT molecular complexity index is 975. The van der Waals surface area contributed by atoms with Gasteiger partial charge in [-0.05, 0) is 43.2 Å². The molecule has 144 valence electrons. The number of sulfonamides is 1. The lowest BCUT2D eigenvalue weighted by Gasteiger charge is -2.16. The number of nitrogens with zero attached hydrogens (tertiary/aromatic N) is 1. The highest BCUT2D eigenvalue weighted by atomic mass is 35.5. The fourth-order valence-electron chi connectivity index (χ4n) is 2.76. The summed E-state index contributed by atoms with van der Waals surface area (Å²) in [7, 11) is -3.69. The number of rotatable bonds is 5. The molecule has 0 aliphatic carbocycles. The summed E-state index contributed by atoms with van der Waals surface area (Å²) in [5, 5.41) is 0.199. The van der Waals surface area contributed by atoms with Gasteiger partial charge in [0.1, 0.15) is 12.4 Å². The first kappa shape index (κ1) is 20.1. The maximum absolute atomic E-state index is 13.1. The Kier molecular flexibility index (Phi) is 6.05. The fraction of sp³-hybridized carbons (Fsp3) is 0.278. The van der Waals surface area contributed by atoms with Crippen molar-refractivity contribution in [3.8, 4) is 0 Å². The predicted octanol–water partition coefficient (Wildman–Crippen LogP) is 4.27. The van der Waals surface area contributed by atoms with Crippen molar-refractivity contribution in [2.45, 2.75) is 24.3 Å². The second-order valence-electron chi connectivity index (χ2n) is 6.06. The van der Waals surface area contributed by atoms with E-state index in [1.165, 1.54) is 34.6 Å². The lowest BCUT2D eigenvalue weighted by atomic mass is 10.2. The number of carbonyl (C=O) groups excluding carboxylic acids is 1. The number of benzene rings is 2. The van der Waals surface area contributed by atoms with E-state index in [1.54, 1.807) is 0 Å². The summed E-state index contributed by atoms with van der Waals surface area (Å²) in [5.41, 5.74) is 0.360. The molecular formula is C18H16Cl2FNO4S. The normalized spacial score (nSPS) is 15.1. The van der Waals surface area contributed by atoms with Crippen LogP contribution < -0.4 is 0 Å². The molecule has 0 amide bonds. The van der Waals surface area contributed by atoms with Gasteiger partial charge in [0.05, 0.1) is 20.5 Å². The molecule has 1 heterocycles. The van der Waals surface area contributed by atoms with Crippen molar-refractivity contribution in [3.63, 3.8) is 0 Å². The van der Waals surface area contributed by atoms with Crippen LogP contribution in [0.3, 0.4) is 0 Å². The summed E-state index contributed by atoms with van der Waals surface area (Å²) in [6, 6.07) is 7.65. The smallest absolute Gasteiger partial charge is 0.340 e. The summed E-state index contributed by atoms with van der Waals surface area (Å²) >= 11 is 12.0. The maximum Gasteiger partial charge on any atom is 0.340 e. The van der Waals surface area contributed by atoms with Gasteiger partial charge in [-0.25, -0.2) is 17.6 Å². The highest BCUT2D eigenvalue weighted by Gasteiger charge is 2.28. The minimum Gasteiger partial charge on any atom is -0.457 e. The molecule has 27 heavy (non-hydrogen) atoms. The molecule has 5 nitrogen and oxygen atoms in total. The van der Waals surface area contributed by atoms with Crippen LogP contribution in [0.5, 0.6) is 0 Å². The second-order valence-corrected chi connectivity index (χ2v) is 8.82. The average Bonchev–Trinajstić information content (AvgIpc) is 3.16. The van der Waals surface area contributed by atoms with Crippen molar-refractivity contribution < 1.29 is 22.3 Å². The first-order valence-corrected chi connectivity index (χ1v) is 10.4. The topological polar surface area (TPSA) is 63.7 Å². The molecule has 2 aromatic rings. The zero-order valence-corrected chi connectivity index (χ0v) is 16.5. The van der Waals surface area contributed by atoms with Crippen LogP contribution >= 0.6 is 23.2 Å². The van der Waals surface area contributed by atoms with Crippen LogP contribution in [0.25, 0.3) is 0 Å². The number of ether oxygens (including phenoxy) is 1. The molecular weight excluding hydrogens is 416 g/mol. The highest BCUT2D eigenvalue weighted by molar-refractivity contribution is 7.89. The molecule has 1 aliphatic heterocycles. The molecule has 1 fully saturated rings. The van der Waals surface area contributed by atoms with E-state index in [9.17, 15) is 17.6 Å². The molecule has 0 saturated carbocycles. The minimum atomic E-state index is -3.69. The van der Waals surface area contributed by atoms with E-state index in [2.05, 4.69) is 0 Å². The third-order valence-electron chi connectivity index (χ3n) is 4.23. The first-order chi connectivity index (χ1) is 12.8. The highest BCUT2D eigenvalue weighted by Crippen LogP contribution is 2.26. The Morgan fingerprint density at radius 3 is 2.44 bits per heavy atom.